The van der Waals surface area contributed by atoms with Crippen molar-refractivity contribution >= 4 is 11.9 Å². The number of amides is 1. The predicted octanol–water partition coefficient (Wildman–Crippen LogP) is 1.76. The second-order valence-corrected chi connectivity index (χ2v) is 5.85. The van der Waals surface area contributed by atoms with Gasteiger partial charge >= 0.3 is 5.97 Å². The molecule has 0 aromatic heterocycles. The van der Waals surface area contributed by atoms with Gasteiger partial charge in [-0.25, -0.2) is 0 Å². The highest BCUT2D eigenvalue weighted by atomic mass is 16.4. The number of carbonyl (C=O) groups is 2. The highest BCUT2D eigenvalue weighted by molar-refractivity contribution is 5.96. The first-order chi connectivity index (χ1) is 10.1. The normalized spacial score (nSPS) is 17.7. The monoisotopic (exact) mass is 288 g/mol. The van der Waals surface area contributed by atoms with Gasteiger partial charge in [0.15, 0.2) is 0 Å². The summed E-state index contributed by atoms with van der Waals surface area (Å²) in [5.74, 6) is -1.10. The van der Waals surface area contributed by atoms with Gasteiger partial charge in [0.1, 0.15) is 6.54 Å². The van der Waals surface area contributed by atoms with Crippen LogP contribution < -0.4 is 5.32 Å². The molecule has 1 heterocycles. The van der Waals surface area contributed by atoms with Gasteiger partial charge < -0.3 is 15.3 Å². The minimum atomic E-state index is -0.946. The van der Waals surface area contributed by atoms with E-state index >= 15 is 0 Å². The fourth-order valence-corrected chi connectivity index (χ4v) is 3.32. The van der Waals surface area contributed by atoms with Crippen LogP contribution in [-0.4, -0.2) is 34.5 Å². The summed E-state index contributed by atoms with van der Waals surface area (Å²) in [5.41, 5.74) is 2.96. The summed E-state index contributed by atoms with van der Waals surface area (Å²) in [7, 11) is 0. The van der Waals surface area contributed by atoms with Crippen molar-refractivity contribution in [2.75, 3.05) is 6.54 Å². The Morgan fingerprint density at radius 2 is 1.90 bits per heavy atom. The molecule has 1 aliphatic heterocycles. The van der Waals surface area contributed by atoms with Crippen LogP contribution in [0.25, 0.3) is 0 Å². The third-order valence-corrected chi connectivity index (χ3v) is 4.42. The first kappa shape index (κ1) is 14.1. The van der Waals surface area contributed by atoms with Gasteiger partial charge in [-0.2, -0.15) is 0 Å². The number of rotatable bonds is 4. The minimum Gasteiger partial charge on any atom is -0.480 e. The summed E-state index contributed by atoms with van der Waals surface area (Å²) >= 11 is 0. The zero-order valence-electron chi connectivity index (χ0n) is 12.0. The molecule has 0 unspecified atom stereocenters. The minimum absolute atomic E-state index is 0.0694. The van der Waals surface area contributed by atoms with Gasteiger partial charge in [0.05, 0.1) is 0 Å². The smallest absolute Gasteiger partial charge is 0.323 e. The molecule has 2 aliphatic rings. The number of benzene rings is 1. The van der Waals surface area contributed by atoms with E-state index in [2.05, 4.69) is 5.32 Å². The number of nitrogens with zero attached hydrogens (tertiary/aromatic N) is 1. The summed E-state index contributed by atoms with van der Waals surface area (Å²) in [5, 5.41) is 12.3. The van der Waals surface area contributed by atoms with Crippen LogP contribution in [0.1, 0.15) is 47.2 Å². The number of aliphatic carboxylic acids is 1. The fraction of sp³-hybridized carbons (Fsp3) is 0.500. The van der Waals surface area contributed by atoms with Gasteiger partial charge in [0.2, 0.25) is 0 Å². The maximum atomic E-state index is 12.7. The first-order valence-electron chi connectivity index (χ1n) is 7.50. The average molecular weight is 288 g/mol. The van der Waals surface area contributed by atoms with Crippen molar-refractivity contribution in [3.8, 4) is 0 Å². The Kier molecular flexibility index (Phi) is 3.92. The molecular formula is C16H20N2O3. The number of carbonyl (C=O) groups excluding carboxylic acids is 1. The largest absolute Gasteiger partial charge is 0.480 e. The summed E-state index contributed by atoms with van der Waals surface area (Å²) in [6.45, 7) is 1.41. The first-order valence-corrected chi connectivity index (χ1v) is 7.50. The van der Waals surface area contributed by atoms with Crippen molar-refractivity contribution in [3.05, 3.63) is 34.9 Å². The van der Waals surface area contributed by atoms with Crippen LogP contribution >= 0.6 is 0 Å². The second-order valence-electron chi connectivity index (χ2n) is 5.85. The molecule has 21 heavy (non-hydrogen) atoms. The highest BCUT2D eigenvalue weighted by Crippen LogP contribution is 2.26. The molecule has 0 spiro atoms. The van der Waals surface area contributed by atoms with E-state index in [1.807, 2.05) is 18.2 Å². The molecule has 1 fully saturated rings. The van der Waals surface area contributed by atoms with E-state index in [1.165, 1.54) is 5.56 Å². The molecule has 1 aromatic carbocycles. The third kappa shape index (κ3) is 2.93. The van der Waals surface area contributed by atoms with E-state index in [0.717, 1.165) is 44.3 Å². The highest BCUT2D eigenvalue weighted by Gasteiger charge is 2.29. The van der Waals surface area contributed by atoms with E-state index < -0.39 is 5.97 Å². The Balaban J connectivity index is 1.84. The lowest BCUT2D eigenvalue weighted by atomic mass is 10.0. The Morgan fingerprint density at radius 3 is 2.62 bits per heavy atom. The quantitative estimate of drug-likeness (QED) is 0.885. The van der Waals surface area contributed by atoms with Crippen molar-refractivity contribution in [3.63, 3.8) is 0 Å². The van der Waals surface area contributed by atoms with E-state index in [-0.39, 0.29) is 18.5 Å². The Labute approximate surface area is 123 Å². The van der Waals surface area contributed by atoms with E-state index in [0.29, 0.717) is 5.56 Å². The van der Waals surface area contributed by atoms with E-state index in [4.69, 9.17) is 5.11 Å². The lowest BCUT2D eigenvalue weighted by Gasteiger charge is -2.27. The molecule has 0 saturated heterocycles. The molecule has 0 radical (unpaired) electrons. The van der Waals surface area contributed by atoms with E-state index in [9.17, 15) is 9.59 Å². The van der Waals surface area contributed by atoms with Crippen molar-refractivity contribution in [1.82, 2.24) is 10.2 Å². The number of hydrogen-bond acceptors (Lipinski definition) is 3. The molecule has 112 valence electrons. The lowest BCUT2D eigenvalue weighted by Crippen LogP contribution is -2.42. The van der Waals surface area contributed by atoms with Crippen LogP contribution in [0.2, 0.25) is 0 Å². The standard InChI is InChI=1S/C16H20N2O3/c19-15(20)10-18(14-3-1-2-4-14)16(21)11-5-6-12-8-17-9-13(12)7-11/h5-7,14,17H,1-4,8-10H2,(H,19,20). The zero-order valence-corrected chi connectivity index (χ0v) is 12.0. The fourth-order valence-electron chi connectivity index (χ4n) is 3.32. The van der Waals surface area contributed by atoms with Gasteiger partial charge in [-0.3, -0.25) is 9.59 Å². The van der Waals surface area contributed by atoms with Crippen LogP contribution in [-0.2, 0) is 17.9 Å². The predicted molar refractivity (Wildman–Crippen MR) is 77.9 cm³/mol. The third-order valence-electron chi connectivity index (χ3n) is 4.42. The number of nitrogens with one attached hydrogen (secondary N) is 1. The number of hydrogen-bond donors (Lipinski definition) is 2. The van der Waals surface area contributed by atoms with Gasteiger partial charge in [-0.1, -0.05) is 18.9 Å². The maximum absolute atomic E-state index is 12.7. The molecule has 0 atom stereocenters. The molecule has 1 aliphatic carbocycles. The molecule has 1 aromatic rings. The van der Waals surface area contributed by atoms with Crippen LogP contribution in [0, 0.1) is 0 Å². The number of fused-ring (bicyclic) bond motifs is 1. The zero-order chi connectivity index (χ0) is 14.8. The maximum Gasteiger partial charge on any atom is 0.323 e. The van der Waals surface area contributed by atoms with Crippen molar-refractivity contribution < 1.29 is 14.7 Å². The van der Waals surface area contributed by atoms with Gasteiger partial charge in [-0.15, -0.1) is 0 Å². The second kappa shape index (κ2) is 5.85. The molecule has 3 rings (SSSR count). The molecule has 5 heteroatoms. The summed E-state index contributed by atoms with van der Waals surface area (Å²) < 4.78 is 0. The van der Waals surface area contributed by atoms with Gasteiger partial charge in [-0.05, 0) is 36.1 Å². The van der Waals surface area contributed by atoms with Gasteiger partial charge in [0, 0.05) is 24.7 Å². The summed E-state index contributed by atoms with van der Waals surface area (Å²) in [4.78, 5) is 25.3. The lowest BCUT2D eigenvalue weighted by molar-refractivity contribution is -0.138. The molecule has 5 nitrogen and oxygen atoms in total. The summed E-state index contributed by atoms with van der Waals surface area (Å²) in [6, 6.07) is 5.76. The SMILES string of the molecule is O=C(O)CN(C(=O)c1ccc2c(c1)CNC2)C1CCCC1. The van der Waals surface area contributed by atoms with Crippen molar-refractivity contribution in [2.45, 2.75) is 44.8 Å². The number of carboxylic acid groups (broad SMARTS) is 1. The Hall–Kier alpha value is -1.88. The molecule has 0 bridgehead atoms. The Bertz CT molecular complexity index is 565. The van der Waals surface area contributed by atoms with Crippen LogP contribution in [0.5, 0.6) is 0 Å². The molecule has 1 saturated carbocycles. The average Bonchev–Trinajstić information content (AvgIpc) is 3.13. The summed E-state index contributed by atoms with van der Waals surface area (Å²) in [6.07, 6.45) is 3.96. The van der Waals surface area contributed by atoms with Crippen LogP contribution in [0.3, 0.4) is 0 Å². The van der Waals surface area contributed by atoms with Crippen LogP contribution in [0.15, 0.2) is 18.2 Å². The van der Waals surface area contributed by atoms with Gasteiger partial charge in [0.25, 0.3) is 5.91 Å². The topological polar surface area (TPSA) is 69.6 Å². The molecule has 2 N–H and O–H groups in total. The number of carboxylic acids is 1. The van der Waals surface area contributed by atoms with Crippen LogP contribution in [0.4, 0.5) is 0 Å². The van der Waals surface area contributed by atoms with Crippen molar-refractivity contribution in [1.29, 1.82) is 0 Å². The molecule has 1 amide bonds. The van der Waals surface area contributed by atoms with E-state index in [1.54, 1.807) is 4.90 Å². The van der Waals surface area contributed by atoms with Crippen molar-refractivity contribution in [2.24, 2.45) is 0 Å². The molecular weight excluding hydrogens is 268 g/mol. The Morgan fingerprint density at radius 1 is 1.19 bits per heavy atom.